The zero-order chi connectivity index (χ0) is 13.1. The van der Waals surface area contributed by atoms with Gasteiger partial charge in [0, 0.05) is 12.3 Å². The molecule has 0 saturated carbocycles. The summed E-state index contributed by atoms with van der Waals surface area (Å²) in [5.41, 5.74) is 0.661. The summed E-state index contributed by atoms with van der Waals surface area (Å²) in [6.07, 6.45) is 0.872. The number of benzene rings is 1. The Morgan fingerprint density at radius 1 is 1.33 bits per heavy atom. The normalized spacial score (nSPS) is 12.2. The summed E-state index contributed by atoms with van der Waals surface area (Å²) in [4.78, 5) is 3.97. The van der Waals surface area contributed by atoms with Crippen LogP contribution in [0.3, 0.4) is 0 Å². The minimum atomic E-state index is -0.624. The Hall–Kier alpha value is -1.65. The summed E-state index contributed by atoms with van der Waals surface area (Å²) in [7, 11) is 0. The van der Waals surface area contributed by atoms with Gasteiger partial charge < -0.3 is 9.84 Å². The van der Waals surface area contributed by atoms with Gasteiger partial charge in [-0.05, 0) is 30.7 Å². The summed E-state index contributed by atoms with van der Waals surface area (Å²) in [6.45, 7) is 1.63. The van der Waals surface area contributed by atoms with Gasteiger partial charge in [-0.3, -0.25) is 0 Å². The van der Waals surface area contributed by atoms with Crippen LogP contribution in [0, 0.1) is 5.82 Å². The minimum Gasteiger partial charge on any atom is -0.436 e. The summed E-state index contributed by atoms with van der Waals surface area (Å²) < 4.78 is 18.8. The van der Waals surface area contributed by atoms with Crippen LogP contribution in [-0.2, 0) is 0 Å². The Morgan fingerprint density at radius 2 is 2.11 bits per heavy atom. The van der Waals surface area contributed by atoms with Crippen LogP contribution in [0.15, 0.2) is 36.5 Å². The quantitative estimate of drug-likeness (QED) is 0.922. The number of halogens is 2. The van der Waals surface area contributed by atoms with E-state index in [4.69, 9.17) is 16.3 Å². The van der Waals surface area contributed by atoms with Crippen molar-refractivity contribution in [1.29, 1.82) is 0 Å². The maximum atomic E-state index is 13.6. The second-order valence-electron chi connectivity index (χ2n) is 3.76. The van der Waals surface area contributed by atoms with E-state index < -0.39 is 11.9 Å². The molecule has 0 fully saturated rings. The summed E-state index contributed by atoms with van der Waals surface area (Å²) in [5.74, 6) is -0.374. The van der Waals surface area contributed by atoms with E-state index in [9.17, 15) is 9.50 Å². The van der Waals surface area contributed by atoms with Crippen molar-refractivity contribution in [2.75, 3.05) is 0 Å². The molecule has 0 amide bonds. The minimum absolute atomic E-state index is 0.00639. The van der Waals surface area contributed by atoms with E-state index >= 15 is 0 Å². The molecule has 5 heteroatoms. The number of nitrogens with zero attached hydrogens (tertiary/aromatic N) is 1. The topological polar surface area (TPSA) is 42.4 Å². The fourth-order valence-corrected chi connectivity index (χ4v) is 1.54. The summed E-state index contributed by atoms with van der Waals surface area (Å²) in [6, 6.07) is 7.71. The Balaban J connectivity index is 2.21. The lowest BCUT2D eigenvalue weighted by molar-refractivity contribution is 0.198. The number of hydrogen-bond donors (Lipinski definition) is 1. The van der Waals surface area contributed by atoms with Gasteiger partial charge >= 0.3 is 0 Å². The third kappa shape index (κ3) is 2.78. The van der Waals surface area contributed by atoms with Gasteiger partial charge in [-0.2, -0.15) is 0 Å². The standard InChI is InChI=1S/C13H11ClFNO2/c1-8(17)9-5-6-12(16-7-9)18-11-4-2-3-10(14)13(11)15/h2-8,17H,1H3. The third-order valence-electron chi connectivity index (χ3n) is 2.37. The molecular weight excluding hydrogens is 257 g/mol. The molecule has 1 atom stereocenters. The smallest absolute Gasteiger partial charge is 0.219 e. The van der Waals surface area contributed by atoms with Crippen LogP contribution in [0.4, 0.5) is 4.39 Å². The first-order valence-electron chi connectivity index (χ1n) is 5.34. The van der Waals surface area contributed by atoms with Gasteiger partial charge in [0.2, 0.25) is 5.88 Å². The number of aliphatic hydroxyl groups is 1. The van der Waals surface area contributed by atoms with Gasteiger partial charge in [0.1, 0.15) is 0 Å². The van der Waals surface area contributed by atoms with E-state index in [1.807, 2.05) is 0 Å². The number of ether oxygens (including phenoxy) is 1. The molecule has 1 N–H and O–H groups in total. The molecule has 0 aliphatic rings. The van der Waals surface area contributed by atoms with Crippen molar-refractivity contribution in [2.45, 2.75) is 13.0 Å². The molecule has 94 valence electrons. The van der Waals surface area contributed by atoms with Crippen LogP contribution >= 0.6 is 11.6 Å². The summed E-state index contributed by atoms with van der Waals surface area (Å²) >= 11 is 5.64. The van der Waals surface area contributed by atoms with Crippen LogP contribution in [0.25, 0.3) is 0 Å². The molecule has 2 rings (SSSR count). The van der Waals surface area contributed by atoms with Crippen molar-refractivity contribution < 1.29 is 14.2 Å². The van der Waals surface area contributed by atoms with Crippen molar-refractivity contribution in [3.05, 3.63) is 52.9 Å². The molecule has 0 spiro atoms. The maximum Gasteiger partial charge on any atom is 0.219 e. The van der Waals surface area contributed by atoms with Crippen LogP contribution in [0.2, 0.25) is 5.02 Å². The van der Waals surface area contributed by atoms with Gasteiger partial charge in [-0.25, -0.2) is 9.37 Å². The molecule has 3 nitrogen and oxygen atoms in total. The van der Waals surface area contributed by atoms with Crippen LogP contribution < -0.4 is 4.74 Å². The lowest BCUT2D eigenvalue weighted by Crippen LogP contribution is -1.95. The molecule has 1 aromatic carbocycles. The van der Waals surface area contributed by atoms with Crippen LogP contribution in [0.5, 0.6) is 11.6 Å². The Kier molecular flexibility index (Phi) is 3.79. The molecule has 2 aromatic rings. The predicted octanol–water partition coefficient (Wildman–Crippen LogP) is 3.72. The van der Waals surface area contributed by atoms with Crippen molar-refractivity contribution >= 4 is 11.6 Å². The van der Waals surface area contributed by atoms with E-state index in [0.717, 1.165) is 0 Å². The molecule has 0 radical (unpaired) electrons. The highest BCUT2D eigenvalue weighted by Gasteiger charge is 2.09. The average Bonchev–Trinajstić information content (AvgIpc) is 2.36. The number of pyridine rings is 1. The zero-order valence-electron chi connectivity index (χ0n) is 9.60. The van der Waals surface area contributed by atoms with E-state index in [-0.39, 0.29) is 16.7 Å². The number of rotatable bonds is 3. The van der Waals surface area contributed by atoms with Crippen LogP contribution in [-0.4, -0.2) is 10.1 Å². The van der Waals surface area contributed by atoms with E-state index in [0.29, 0.717) is 5.56 Å². The SMILES string of the molecule is CC(O)c1ccc(Oc2cccc(Cl)c2F)nc1. The molecule has 1 unspecified atom stereocenters. The fraction of sp³-hybridized carbons (Fsp3) is 0.154. The molecule has 0 saturated heterocycles. The van der Waals surface area contributed by atoms with Gasteiger partial charge in [-0.1, -0.05) is 17.7 Å². The molecule has 1 aromatic heterocycles. The van der Waals surface area contributed by atoms with Gasteiger partial charge in [-0.15, -0.1) is 0 Å². The van der Waals surface area contributed by atoms with Crippen molar-refractivity contribution in [3.63, 3.8) is 0 Å². The van der Waals surface area contributed by atoms with Gasteiger partial charge in [0.15, 0.2) is 11.6 Å². The highest BCUT2D eigenvalue weighted by atomic mass is 35.5. The van der Waals surface area contributed by atoms with E-state index in [1.165, 1.54) is 18.3 Å². The highest BCUT2D eigenvalue weighted by Crippen LogP contribution is 2.28. The Labute approximate surface area is 109 Å². The maximum absolute atomic E-state index is 13.6. The molecule has 0 aliphatic heterocycles. The van der Waals surface area contributed by atoms with Gasteiger partial charge in [0.05, 0.1) is 11.1 Å². The monoisotopic (exact) mass is 267 g/mol. The molecular formula is C13H11ClFNO2. The molecule has 0 bridgehead atoms. The zero-order valence-corrected chi connectivity index (χ0v) is 10.4. The first kappa shape index (κ1) is 12.8. The average molecular weight is 268 g/mol. The lowest BCUT2D eigenvalue weighted by Gasteiger charge is -2.08. The number of aliphatic hydroxyl groups excluding tert-OH is 1. The first-order valence-corrected chi connectivity index (χ1v) is 5.71. The fourth-order valence-electron chi connectivity index (χ4n) is 1.37. The Morgan fingerprint density at radius 3 is 2.72 bits per heavy atom. The molecule has 1 heterocycles. The largest absolute Gasteiger partial charge is 0.436 e. The van der Waals surface area contributed by atoms with Crippen molar-refractivity contribution in [3.8, 4) is 11.6 Å². The second-order valence-corrected chi connectivity index (χ2v) is 4.17. The Bertz CT molecular complexity index is 543. The van der Waals surface area contributed by atoms with E-state index in [1.54, 1.807) is 25.1 Å². The van der Waals surface area contributed by atoms with Crippen molar-refractivity contribution in [2.24, 2.45) is 0 Å². The highest BCUT2D eigenvalue weighted by molar-refractivity contribution is 6.30. The number of hydrogen-bond acceptors (Lipinski definition) is 3. The second kappa shape index (κ2) is 5.33. The lowest BCUT2D eigenvalue weighted by atomic mass is 10.2. The molecule has 0 aliphatic carbocycles. The van der Waals surface area contributed by atoms with Crippen LogP contribution in [0.1, 0.15) is 18.6 Å². The third-order valence-corrected chi connectivity index (χ3v) is 2.66. The van der Waals surface area contributed by atoms with Gasteiger partial charge in [0.25, 0.3) is 0 Å². The first-order chi connectivity index (χ1) is 8.58. The number of aromatic nitrogens is 1. The summed E-state index contributed by atoms with van der Waals surface area (Å²) in [5, 5.41) is 9.32. The predicted molar refractivity (Wildman–Crippen MR) is 66.4 cm³/mol. The van der Waals surface area contributed by atoms with E-state index in [2.05, 4.69) is 4.98 Å². The molecule has 18 heavy (non-hydrogen) atoms. The van der Waals surface area contributed by atoms with Crippen molar-refractivity contribution in [1.82, 2.24) is 4.98 Å².